The fraction of sp³-hybridized carbons (Fsp3) is 1.00. The van der Waals surface area contributed by atoms with Crippen molar-refractivity contribution in [2.24, 2.45) is 5.73 Å². The lowest BCUT2D eigenvalue weighted by atomic mass is 10.8. The molecular weight excluding hydrogens is 150 g/mol. The summed E-state index contributed by atoms with van der Waals surface area (Å²) in [5, 5.41) is -1.26. The zero-order chi connectivity index (χ0) is 6.78. The summed E-state index contributed by atoms with van der Waals surface area (Å²) in [6, 6.07) is 0. The van der Waals surface area contributed by atoms with Crippen molar-refractivity contribution in [3.63, 3.8) is 0 Å². The van der Waals surface area contributed by atoms with Gasteiger partial charge in [0.2, 0.25) is 0 Å². The molecule has 0 aromatic rings. The minimum Gasteiger partial charge on any atom is -0.312 e. The van der Waals surface area contributed by atoms with Crippen LogP contribution in [0.4, 0.5) is 0 Å². The summed E-state index contributed by atoms with van der Waals surface area (Å²) < 4.78 is 28.0. The van der Waals surface area contributed by atoms with Gasteiger partial charge in [-0.2, -0.15) is 21.0 Å². The molecule has 0 aliphatic carbocycles. The summed E-state index contributed by atoms with van der Waals surface area (Å²) in [4.78, 5) is 0. The van der Waals surface area contributed by atoms with E-state index in [2.05, 4.69) is 12.6 Å². The van der Waals surface area contributed by atoms with E-state index < -0.39 is 15.5 Å². The molecule has 0 aliphatic rings. The number of nitrogens with two attached hydrogens (primary N) is 1. The monoisotopic (exact) mass is 157 g/mol. The van der Waals surface area contributed by atoms with Gasteiger partial charge in [-0.15, -0.1) is 0 Å². The highest BCUT2D eigenvalue weighted by Gasteiger charge is 2.14. The maximum absolute atomic E-state index is 9.94. The third-order valence-electron chi connectivity index (χ3n) is 0.563. The number of rotatable bonds is 2. The van der Waals surface area contributed by atoms with Gasteiger partial charge in [0.15, 0.2) is 0 Å². The van der Waals surface area contributed by atoms with E-state index in [0.717, 1.165) is 0 Å². The zero-order valence-electron chi connectivity index (χ0n) is 3.98. The maximum atomic E-state index is 9.94. The molecule has 6 heteroatoms. The molecule has 0 fully saturated rings. The molecule has 0 spiro atoms. The van der Waals surface area contributed by atoms with Gasteiger partial charge in [-0.25, -0.2) is 0 Å². The molecule has 0 aromatic carbocycles. The Balaban J connectivity index is 4.04. The van der Waals surface area contributed by atoms with Crippen LogP contribution in [-0.4, -0.2) is 24.1 Å². The van der Waals surface area contributed by atoms with E-state index in [-0.39, 0.29) is 5.75 Å². The van der Waals surface area contributed by atoms with Crippen LogP contribution in [0.3, 0.4) is 0 Å². The van der Waals surface area contributed by atoms with Gasteiger partial charge < -0.3 is 5.73 Å². The molecule has 1 atom stereocenters. The summed E-state index contributed by atoms with van der Waals surface area (Å²) in [6.07, 6.45) is 0. The first-order valence-corrected chi connectivity index (χ1v) is 3.95. The quantitative estimate of drug-likeness (QED) is 0.358. The Morgan fingerprint density at radius 2 is 2.12 bits per heavy atom. The molecule has 0 unspecified atom stereocenters. The topological polar surface area (TPSA) is 80.4 Å². The van der Waals surface area contributed by atoms with Crippen LogP contribution >= 0.6 is 12.6 Å². The molecule has 0 saturated carbocycles. The molecule has 0 radical (unpaired) electrons. The van der Waals surface area contributed by atoms with Crippen molar-refractivity contribution in [1.29, 1.82) is 0 Å². The molecular formula is C2H7NO3S2. The minimum absolute atomic E-state index is 0.0706. The van der Waals surface area contributed by atoms with E-state index in [4.69, 9.17) is 10.3 Å². The van der Waals surface area contributed by atoms with E-state index in [1.807, 2.05) is 0 Å². The van der Waals surface area contributed by atoms with Crippen LogP contribution in [0.15, 0.2) is 0 Å². The van der Waals surface area contributed by atoms with E-state index >= 15 is 0 Å². The Kier molecular flexibility index (Phi) is 2.75. The number of hydrogen-bond donors (Lipinski definition) is 3. The summed E-state index contributed by atoms with van der Waals surface area (Å²) in [7, 11) is -4.05. The minimum atomic E-state index is -4.05. The van der Waals surface area contributed by atoms with Crippen LogP contribution < -0.4 is 5.73 Å². The third-order valence-corrected chi connectivity index (χ3v) is 2.13. The largest absolute Gasteiger partial charge is 0.312 e. The molecule has 0 rings (SSSR count). The van der Waals surface area contributed by atoms with E-state index in [0.29, 0.717) is 0 Å². The summed E-state index contributed by atoms with van der Waals surface area (Å²) >= 11 is 3.54. The lowest BCUT2D eigenvalue weighted by Crippen LogP contribution is -2.31. The first kappa shape index (κ1) is 8.22. The lowest BCUT2D eigenvalue weighted by Gasteiger charge is -2.00. The molecule has 0 heterocycles. The van der Waals surface area contributed by atoms with Crippen molar-refractivity contribution >= 4 is 22.7 Å². The molecule has 50 valence electrons. The fourth-order valence-corrected chi connectivity index (χ4v) is 0.848. The highest BCUT2D eigenvalue weighted by molar-refractivity contribution is 7.88. The highest BCUT2D eigenvalue weighted by Crippen LogP contribution is 1.91. The van der Waals surface area contributed by atoms with Crippen LogP contribution in [0.5, 0.6) is 0 Å². The summed E-state index contributed by atoms with van der Waals surface area (Å²) in [5.74, 6) is -0.0706. The average molecular weight is 157 g/mol. The first-order chi connectivity index (χ1) is 3.48. The van der Waals surface area contributed by atoms with Gasteiger partial charge in [-0.1, -0.05) is 0 Å². The second kappa shape index (κ2) is 2.67. The lowest BCUT2D eigenvalue weighted by molar-refractivity contribution is 0.472. The predicted molar refractivity (Wildman–Crippen MR) is 33.4 cm³/mol. The Morgan fingerprint density at radius 1 is 1.75 bits per heavy atom. The Bertz CT molecular complexity index is 151. The number of thiol groups is 1. The smallest absolute Gasteiger partial charge is 0.281 e. The van der Waals surface area contributed by atoms with Gasteiger partial charge in [-0.05, 0) is 0 Å². The molecule has 8 heavy (non-hydrogen) atoms. The number of hydrogen-bond acceptors (Lipinski definition) is 4. The fourth-order valence-electron chi connectivity index (χ4n) is 0.0942. The predicted octanol–water partition coefficient (Wildman–Crippen LogP) is -0.911. The maximum Gasteiger partial charge on any atom is 0.281 e. The SMILES string of the molecule is N[C@H](CS)S(=O)(=O)O. The third kappa shape index (κ3) is 2.51. The average Bonchev–Trinajstić information content (AvgIpc) is 1.62. The molecule has 0 aliphatic heterocycles. The summed E-state index contributed by atoms with van der Waals surface area (Å²) in [5.41, 5.74) is 4.84. The van der Waals surface area contributed by atoms with Crippen molar-refractivity contribution in [2.45, 2.75) is 5.37 Å². The second-order valence-corrected chi connectivity index (χ2v) is 3.24. The van der Waals surface area contributed by atoms with Crippen LogP contribution in [0, 0.1) is 0 Å². The molecule has 0 amide bonds. The first-order valence-electron chi connectivity index (χ1n) is 1.81. The Morgan fingerprint density at radius 3 is 2.12 bits per heavy atom. The van der Waals surface area contributed by atoms with Gasteiger partial charge in [0.05, 0.1) is 0 Å². The normalized spacial score (nSPS) is 15.9. The van der Waals surface area contributed by atoms with Crippen LogP contribution in [-0.2, 0) is 10.1 Å². The van der Waals surface area contributed by atoms with Crippen molar-refractivity contribution in [3.05, 3.63) is 0 Å². The summed E-state index contributed by atoms with van der Waals surface area (Å²) in [6.45, 7) is 0. The van der Waals surface area contributed by atoms with E-state index in [1.54, 1.807) is 0 Å². The van der Waals surface area contributed by atoms with Crippen molar-refractivity contribution < 1.29 is 13.0 Å². The molecule has 3 N–H and O–H groups in total. The molecule has 4 nitrogen and oxygen atoms in total. The molecule has 0 bridgehead atoms. The zero-order valence-corrected chi connectivity index (χ0v) is 5.69. The van der Waals surface area contributed by atoms with Crippen molar-refractivity contribution in [2.75, 3.05) is 5.75 Å². The van der Waals surface area contributed by atoms with Gasteiger partial charge in [0.1, 0.15) is 5.37 Å². The molecule has 0 saturated heterocycles. The van der Waals surface area contributed by atoms with Crippen molar-refractivity contribution in [3.8, 4) is 0 Å². The van der Waals surface area contributed by atoms with E-state index in [9.17, 15) is 8.42 Å². The van der Waals surface area contributed by atoms with Crippen LogP contribution in [0.25, 0.3) is 0 Å². The van der Waals surface area contributed by atoms with Crippen LogP contribution in [0.2, 0.25) is 0 Å². The van der Waals surface area contributed by atoms with Gasteiger partial charge in [0, 0.05) is 5.75 Å². The highest BCUT2D eigenvalue weighted by atomic mass is 32.2. The van der Waals surface area contributed by atoms with Crippen molar-refractivity contribution in [1.82, 2.24) is 0 Å². The Labute approximate surface area is 53.2 Å². The van der Waals surface area contributed by atoms with Crippen LogP contribution in [0.1, 0.15) is 0 Å². The molecule has 0 aromatic heterocycles. The second-order valence-electron chi connectivity index (χ2n) is 1.24. The standard InChI is InChI=1S/C2H7NO3S2/c3-2(1-7)8(4,5)6/h2,7H,1,3H2,(H,4,5,6)/t2-/m0/s1. The Hall–Kier alpha value is 0.220. The van der Waals surface area contributed by atoms with Gasteiger partial charge >= 0.3 is 0 Å². The van der Waals surface area contributed by atoms with E-state index in [1.165, 1.54) is 0 Å². The van der Waals surface area contributed by atoms with Gasteiger partial charge in [-0.3, -0.25) is 4.55 Å². The van der Waals surface area contributed by atoms with Gasteiger partial charge in [0.25, 0.3) is 10.1 Å².